The van der Waals surface area contributed by atoms with E-state index < -0.39 is 0 Å². The van der Waals surface area contributed by atoms with Gasteiger partial charge < -0.3 is 9.47 Å². The Morgan fingerprint density at radius 3 is 2.40 bits per heavy atom. The minimum Gasteiger partial charge on any atom is -0.486 e. The van der Waals surface area contributed by atoms with Gasteiger partial charge in [-0.1, -0.05) is 45.7 Å². The van der Waals surface area contributed by atoms with Gasteiger partial charge in [0.1, 0.15) is 13.2 Å². The summed E-state index contributed by atoms with van der Waals surface area (Å²) >= 11 is 9.92. The van der Waals surface area contributed by atoms with Crippen molar-refractivity contribution in [3.8, 4) is 11.5 Å². The molecule has 0 bridgehead atoms. The number of benzene rings is 2. The van der Waals surface area contributed by atoms with Gasteiger partial charge in [0, 0.05) is 5.02 Å². The number of halogens is 2. The van der Waals surface area contributed by atoms with Crippen LogP contribution in [0.5, 0.6) is 11.5 Å². The first-order valence-corrected chi connectivity index (χ1v) is 7.74. The van der Waals surface area contributed by atoms with Gasteiger partial charge in [-0.3, -0.25) is 0 Å². The Kier molecular flexibility index (Phi) is 3.90. The van der Waals surface area contributed by atoms with Gasteiger partial charge in [0.25, 0.3) is 0 Å². The fourth-order valence-electron chi connectivity index (χ4n) is 2.18. The van der Waals surface area contributed by atoms with Crippen LogP contribution in [-0.2, 0) is 0 Å². The molecule has 2 nitrogen and oxygen atoms in total. The Morgan fingerprint density at radius 2 is 1.65 bits per heavy atom. The lowest BCUT2D eigenvalue weighted by molar-refractivity contribution is 0.171. The zero-order valence-corrected chi connectivity index (χ0v) is 13.4. The van der Waals surface area contributed by atoms with Crippen molar-refractivity contribution in [2.24, 2.45) is 0 Å². The lowest BCUT2D eigenvalue weighted by Crippen LogP contribution is -2.15. The summed E-state index contributed by atoms with van der Waals surface area (Å²) in [6.07, 6.45) is 0. The second-order valence-corrected chi connectivity index (χ2v) is 6.10. The summed E-state index contributed by atoms with van der Waals surface area (Å²) in [5, 5.41) is 0.782. The van der Waals surface area contributed by atoms with E-state index in [1.54, 1.807) is 0 Å². The molecule has 2 aromatic rings. The topological polar surface area (TPSA) is 18.5 Å². The highest BCUT2D eigenvalue weighted by Crippen LogP contribution is 2.38. The lowest BCUT2D eigenvalue weighted by Gasteiger charge is -2.20. The van der Waals surface area contributed by atoms with Crippen LogP contribution in [0.4, 0.5) is 0 Å². The van der Waals surface area contributed by atoms with Crippen molar-refractivity contribution in [2.45, 2.75) is 11.8 Å². The minimum absolute atomic E-state index is 0.0800. The fourth-order valence-corrected chi connectivity index (χ4v) is 2.94. The first-order valence-electron chi connectivity index (χ1n) is 6.45. The molecule has 3 rings (SSSR count). The molecular formula is C16H14BrClO2. The van der Waals surface area contributed by atoms with E-state index in [0.717, 1.165) is 33.2 Å². The Hall–Kier alpha value is -1.19. The maximum absolute atomic E-state index is 6.20. The number of rotatable bonds is 2. The molecule has 0 aliphatic carbocycles. The van der Waals surface area contributed by atoms with E-state index in [1.807, 2.05) is 37.3 Å². The highest BCUT2D eigenvalue weighted by molar-refractivity contribution is 9.09. The summed E-state index contributed by atoms with van der Waals surface area (Å²) in [5.74, 6) is 1.61. The molecule has 104 valence electrons. The zero-order chi connectivity index (χ0) is 14.1. The van der Waals surface area contributed by atoms with Crippen LogP contribution in [-0.4, -0.2) is 13.2 Å². The summed E-state index contributed by atoms with van der Waals surface area (Å²) in [7, 11) is 0. The van der Waals surface area contributed by atoms with Gasteiger partial charge in [-0.2, -0.15) is 0 Å². The maximum atomic E-state index is 6.20. The maximum Gasteiger partial charge on any atom is 0.161 e. The van der Waals surface area contributed by atoms with Crippen molar-refractivity contribution >= 4 is 27.5 Å². The van der Waals surface area contributed by atoms with Crippen molar-refractivity contribution in [1.82, 2.24) is 0 Å². The Bertz CT molecular complexity index is 642. The first-order chi connectivity index (χ1) is 9.65. The predicted molar refractivity (Wildman–Crippen MR) is 84.4 cm³/mol. The third-order valence-corrected chi connectivity index (χ3v) is 4.81. The average molecular weight is 354 g/mol. The summed E-state index contributed by atoms with van der Waals surface area (Å²) in [4.78, 5) is 0.0800. The molecule has 0 N–H and O–H groups in total. The van der Waals surface area contributed by atoms with E-state index in [-0.39, 0.29) is 4.83 Å². The molecule has 1 unspecified atom stereocenters. The molecule has 0 saturated heterocycles. The molecule has 0 spiro atoms. The smallest absolute Gasteiger partial charge is 0.161 e. The van der Waals surface area contributed by atoms with E-state index >= 15 is 0 Å². The monoisotopic (exact) mass is 352 g/mol. The molecule has 0 amide bonds. The van der Waals surface area contributed by atoms with Crippen LogP contribution in [0, 0.1) is 6.92 Å². The number of ether oxygens (including phenoxy) is 2. The molecule has 4 heteroatoms. The quantitative estimate of drug-likeness (QED) is 0.715. The zero-order valence-electron chi connectivity index (χ0n) is 11.0. The number of alkyl halides is 1. The SMILES string of the molecule is Cc1ccc(C(Br)c2ccc3c(c2)OCCO3)cc1Cl. The molecule has 2 aromatic carbocycles. The second kappa shape index (κ2) is 5.66. The van der Waals surface area contributed by atoms with Crippen molar-refractivity contribution in [1.29, 1.82) is 0 Å². The van der Waals surface area contributed by atoms with Gasteiger partial charge in [-0.25, -0.2) is 0 Å². The molecule has 1 heterocycles. The molecule has 20 heavy (non-hydrogen) atoms. The van der Waals surface area contributed by atoms with Gasteiger partial charge in [0.15, 0.2) is 11.5 Å². The number of hydrogen-bond acceptors (Lipinski definition) is 2. The number of hydrogen-bond donors (Lipinski definition) is 0. The van der Waals surface area contributed by atoms with E-state index in [2.05, 4.69) is 22.0 Å². The Morgan fingerprint density at radius 1 is 1.00 bits per heavy atom. The molecule has 0 saturated carbocycles. The molecular weight excluding hydrogens is 340 g/mol. The van der Waals surface area contributed by atoms with Gasteiger partial charge in [0.05, 0.1) is 4.83 Å². The van der Waals surface area contributed by atoms with Crippen LogP contribution < -0.4 is 9.47 Å². The Labute approximate surface area is 131 Å². The Balaban J connectivity index is 1.93. The van der Waals surface area contributed by atoms with Gasteiger partial charge in [0.2, 0.25) is 0 Å². The highest BCUT2D eigenvalue weighted by Gasteiger charge is 2.17. The van der Waals surface area contributed by atoms with Gasteiger partial charge >= 0.3 is 0 Å². The van der Waals surface area contributed by atoms with Crippen molar-refractivity contribution < 1.29 is 9.47 Å². The summed E-state index contributed by atoms with van der Waals surface area (Å²) in [6.45, 7) is 3.21. The average Bonchev–Trinajstić information content (AvgIpc) is 2.49. The van der Waals surface area contributed by atoms with Crippen molar-refractivity contribution in [2.75, 3.05) is 13.2 Å². The van der Waals surface area contributed by atoms with Crippen LogP contribution in [0.25, 0.3) is 0 Å². The summed E-state index contributed by atoms with van der Waals surface area (Å²) in [6, 6.07) is 12.1. The van der Waals surface area contributed by atoms with E-state index in [9.17, 15) is 0 Å². The van der Waals surface area contributed by atoms with Crippen LogP contribution in [0.2, 0.25) is 5.02 Å². The summed E-state index contributed by atoms with van der Waals surface area (Å²) in [5.41, 5.74) is 3.32. The largest absolute Gasteiger partial charge is 0.486 e. The van der Waals surface area contributed by atoms with Crippen LogP contribution in [0.1, 0.15) is 21.5 Å². The van der Waals surface area contributed by atoms with Crippen LogP contribution in [0.15, 0.2) is 36.4 Å². The normalized spacial score (nSPS) is 14.9. The van der Waals surface area contributed by atoms with Crippen molar-refractivity contribution in [3.63, 3.8) is 0 Å². The highest BCUT2D eigenvalue weighted by atomic mass is 79.9. The van der Waals surface area contributed by atoms with Crippen LogP contribution in [0.3, 0.4) is 0 Å². The van der Waals surface area contributed by atoms with E-state index in [0.29, 0.717) is 13.2 Å². The number of fused-ring (bicyclic) bond motifs is 1. The lowest BCUT2D eigenvalue weighted by atomic mass is 10.0. The molecule has 1 aliphatic heterocycles. The van der Waals surface area contributed by atoms with E-state index in [4.69, 9.17) is 21.1 Å². The summed E-state index contributed by atoms with van der Waals surface area (Å²) < 4.78 is 11.2. The first kappa shape index (κ1) is 13.8. The molecule has 0 aromatic heterocycles. The van der Waals surface area contributed by atoms with Gasteiger partial charge in [-0.15, -0.1) is 0 Å². The standard InChI is InChI=1S/C16H14BrClO2/c1-10-2-3-11(8-13(10)18)16(17)12-4-5-14-15(9-12)20-7-6-19-14/h2-5,8-9,16H,6-7H2,1H3. The second-order valence-electron chi connectivity index (χ2n) is 4.77. The minimum atomic E-state index is 0.0800. The molecule has 1 aliphatic rings. The number of aryl methyl sites for hydroxylation is 1. The van der Waals surface area contributed by atoms with Crippen molar-refractivity contribution in [3.05, 3.63) is 58.1 Å². The fraction of sp³-hybridized carbons (Fsp3) is 0.250. The molecule has 1 atom stereocenters. The third-order valence-electron chi connectivity index (χ3n) is 3.35. The molecule has 0 fully saturated rings. The van der Waals surface area contributed by atoms with Crippen LogP contribution >= 0.6 is 27.5 Å². The third kappa shape index (κ3) is 2.65. The molecule has 0 radical (unpaired) electrons. The van der Waals surface area contributed by atoms with Gasteiger partial charge in [-0.05, 0) is 41.8 Å². The predicted octanol–water partition coefficient (Wildman–Crippen LogP) is 4.90. The van der Waals surface area contributed by atoms with E-state index in [1.165, 1.54) is 0 Å².